The Hall–Kier alpha value is -3.90. The largest absolute Gasteiger partial charge is 0.478 e. The van der Waals surface area contributed by atoms with E-state index >= 15 is 0 Å². The minimum absolute atomic E-state index is 0.0110. The van der Waals surface area contributed by atoms with Crippen molar-refractivity contribution in [2.24, 2.45) is 0 Å². The number of fused-ring (bicyclic) bond motifs is 1. The third-order valence-corrected chi connectivity index (χ3v) is 6.79. The van der Waals surface area contributed by atoms with E-state index in [1.807, 2.05) is 24.8 Å². The van der Waals surface area contributed by atoms with Crippen LogP contribution in [0.25, 0.3) is 5.65 Å². The van der Waals surface area contributed by atoms with Gasteiger partial charge in [-0.25, -0.2) is 9.78 Å². The summed E-state index contributed by atoms with van der Waals surface area (Å²) in [6, 6.07) is 10.3. The van der Waals surface area contributed by atoms with Gasteiger partial charge in [-0.1, -0.05) is 12.1 Å². The van der Waals surface area contributed by atoms with Crippen LogP contribution in [0.1, 0.15) is 59.8 Å². The quantitative estimate of drug-likeness (QED) is 0.553. The van der Waals surface area contributed by atoms with Crippen molar-refractivity contribution in [1.82, 2.24) is 9.38 Å². The molecule has 0 saturated carbocycles. The molecule has 0 radical (unpaired) electrons. The number of hydrogen-bond acceptors (Lipinski definition) is 7. The molecular weight excluding hydrogens is 446 g/mol. The van der Waals surface area contributed by atoms with Gasteiger partial charge in [0.15, 0.2) is 11.4 Å². The first-order valence-electron chi connectivity index (χ1n) is 11.5. The number of methoxy groups -OCH3 is 1. The van der Waals surface area contributed by atoms with Gasteiger partial charge in [0.1, 0.15) is 11.7 Å². The van der Waals surface area contributed by atoms with E-state index in [0.717, 1.165) is 24.0 Å². The second-order valence-corrected chi connectivity index (χ2v) is 9.25. The van der Waals surface area contributed by atoms with E-state index in [1.165, 1.54) is 10.5 Å². The van der Waals surface area contributed by atoms with E-state index in [-0.39, 0.29) is 22.8 Å². The van der Waals surface area contributed by atoms with E-state index in [2.05, 4.69) is 18.3 Å². The highest BCUT2D eigenvalue weighted by Crippen LogP contribution is 2.30. The van der Waals surface area contributed by atoms with Gasteiger partial charge in [0.25, 0.3) is 5.56 Å². The molecule has 1 fully saturated rings. The first kappa shape index (κ1) is 24.2. The lowest BCUT2D eigenvalue weighted by Crippen LogP contribution is -2.45. The van der Waals surface area contributed by atoms with Gasteiger partial charge < -0.3 is 20.1 Å². The predicted molar refractivity (Wildman–Crippen MR) is 133 cm³/mol. The number of piperidine rings is 1. The minimum atomic E-state index is -1.03. The third kappa shape index (κ3) is 4.57. The summed E-state index contributed by atoms with van der Waals surface area (Å²) >= 11 is 0. The highest BCUT2D eigenvalue weighted by atomic mass is 16.5. The topological polar surface area (TPSA) is 120 Å². The molecule has 3 heterocycles. The summed E-state index contributed by atoms with van der Waals surface area (Å²) in [5.41, 5.74) is 1.96. The van der Waals surface area contributed by atoms with Crippen LogP contribution in [0.4, 0.5) is 11.5 Å². The number of aromatic nitrogens is 2. The number of para-hydroxylation sites is 1. The molecule has 182 valence electrons. The van der Waals surface area contributed by atoms with Crippen LogP contribution in [-0.4, -0.2) is 46.3 Å². The Balaban J connectivity index is 1.81. The van der Waals surface area contributed by atoms with Gasteiger partial charge >= 0.3 is 5.97 Å². The molecular formula is C26H29N5O4. The second-order valence-electron chi connectivity index (χ2n) is 9.25. The van der Waals surface area contributed by atoms with E-state index in [0.29, 0.717) is 30.2 Å². The molecule has 1 saturated heterocycles. The number of benzene rings is 1. The molecule has 2 aromatic heterocycles. The number of rotatable bonds is 6. The monoisotopic (exact) mass is 475 g/mol. The molecule has 1 aromatic carbocycles. The molecule has 1 aliphatic heterocycles. The highest BCUT2D eigenvalue weighted by molar-refractivity contribution is 5.94. The van der Waals surface area contributed by atoms with Crippen LogP contribution in [0.2, 0.25) is 0 Å². The molecule has 4 rings (SSSR count). The van der Waals surface area contributed by atoms with E-state index in [9.17, 15) is 20.0 Å². The van der Waals surface area contributed by atoms with Crippen molar-refractivity contribution in [2.75, 3.05) is 30.4 Å². The number of ether oxygens (including phenoxy) is 1. The van der Waals surface area contributed by atoms with Crippen LogP contribution in [0.15, 0.2) is 41.3 Å². The number of carboxylic acid groups (broad SMARTS) is 1. The molecule has 1 unspecified atom stereocenters. The maximum absolute atomic E-state index is 13.4. The standard InChI is InChI=1S/C26H29N5O4/c1-16-13-19(17(2)28-21-8-6-5-7-18(21)25(33)34)23-29-22(20(14-27)24(32)31(23)15-16)30-11-9-26(3,35-4)10-12-30/h5-8,13,15,17,28H,9-12H2,1-4H3,(H,33,34). The smallest absolute Gasteiger partial charge is 0.337 e. The van der Waals surface area contributed by atoms with Crippen LogP contribution >= 0.6 is 0 Å². The molecule has 9 nitrogen and oxygen atoms in total. The van der Waals surface area contributed by atoms with Gasteiger partial charge in [0.05, 0.1) is 17.2 Å². The fourth-order valence-electron chi connectivity index (χ4n) is 4.54. The van der Waals surface area contributed by atoms with Gasteiger partial charge in [0, 0.05) is 37.6 Å². The summed E-state index contributed by atoms with van der Waals surface area (Å²) < 4.78 is 7.05. The van der Waals surface area contributed by atoms with E-state index < -0.39 is 11.5 Å². The summed E-state index contributed by atoms with van der Waals surface area (Å²) in [5, 5.41) is 22.7. The van der Waals surface area contributed by atoms with E-state index in [4.69, 9.17) is 9.72 Å². The fourth-order valence-corrected chi connectivity index (χ4v) is 4.54. The van der Waals surface area contributed by atoms with Crippen LogP contribution in [-0.2, 0) is 4.74 Å². The fraction of sp³-hybridized carbons (Fsp3) is 0.385. The lowest BCUT2D eigenvalue weighted by atomic mass is 9.93. The number of anilines is 2. The maximum atomic E-state index is 13.4. The number of carbonyl (C=O) groups is 1. The Morgan fingerprint density at radius 2 is 2.00 bits per heavy atom. The van der Waals surface area contributed by atoms with Crippen molar-refractivity contribution in [3.63, 3.8) is 0 Å². The Morgan fingerprint density at radius 3 is 2.63 bits per heavy atom. The van der Waals surface area contributed by atoms with Crippen molar-refractivity contribution in [3.05, 3.63) is 69.1 Å². The predicted octanol–water partition coefficient (Wildman–Crippen LogP) is 3.75. The van der Waals surface area contributed by atoms with Crippen molar-refractivity contribution in [1.29, 1.82) is 5.26 Å². The molecule has 1 aliphatic rings. The van der Waals surface area contributed by atoms with Crippen LogP contribution in [0, 0.1) is 18.3 Å². The first-order valence-corrected chi connectivity index (χ1v) is 11.5. The van der Waals surface area contributed by atoms with Crippen molar-refractivity contribution >= 4 is 23.1 Å². The van der Waals surface area contributed by atoms with Gasteiger partial charge in [-0.3, -0.25) is 9.20 Å². The SMILES string of the molecule is COC1(C)CCN(c2nc3c(C(C)Nc4ccccc4C(=O)O)cc(C)cn3c(=O)c2C#N)CC1. The molecule has 1 atom stereocenters. The average Bonchev–Trinajstić information content (AvgIpc) is 2.84. The number of hydrogen-bond donors (Lipinski definition) is 2. The molecule has 9 heteroatoms. The van der Waals surface area contributed by atoms with Crippen LogP contribution in [0.5, 0.6) is 0 Å². The van der Waals surface area contributed by atoms with Crippen molar-refractivity contribution in [2.45, 2.75) is 45.3 Å². The Labute approximate surface area is 203 Å². The van der Waals surface area contributed by atoms with Gasteiger partial charge in [-0.05, 0) is 57.4 Å². The summed E-state index contributed by atoms with van der Waals surface area (Å²) in [7, 11) is 1.70. The average molecular weight is 476 g/mol. The molecule has 0 spiro atoms. The highest BCUT2D eigenvalue weighted by Gasteiger charge is 2.32. The van der Waals surface area contributed by atoms with Gasteiger partial charge in [-0.15, -0.1) is 0 Å². The van der Waals surface area contributed by atoms with E-state index in [1.54, 1.807) is 31.5 Å². The molecule has 35 heavy (non-hydrogen) atoms. The van der Waals surface area contributed by atoms with Crippen molar-refractivity contribution < 1.29 is 14.6 Å². The second kappa shape index (κ2) is 9.39. The zero-order valence-corrected chi connectivity index (χ0v) is 20.3. The molecule has 2 N–H and O–H groups in total. The Kier molecular flexibility index (Phi) is 6.50. The van der Waals surface area contributed by atoms with Gasteiger partial charge in [-0.2, -0.15) is 5.26 Å². The Morgan fingerprint density at radius 1 is 1.31 bits per heavy atom. The number of nitrogens with zero attached hydrogens (tertiary/aromatic N) is 4. The zero-order valence-electron chi connectivity index (χ0n) is 20.3. The number of carboxylic acids is 1. The molecule has 0 amide bonds. The summed E-state index contributed by atoms with van der Waals surface area (Å²) in [6.07, 6.45) is 3.18. The third-order valence-electron chi connectivity index (χ3n) is 6.79. The zero-order chi connectivity index (χ0) is 25.3. The summed E-state index contributed by atoms with van der Waals surface area (Å²) in [4.78, 5) is 31.9. The van der Waals surface area contributed by atoms with Gasteiger partial charge in [0.2, 0.25) is 0 Å². The number of aryl methyl sites for hydroxylation is 1. The van der Waals surface area contributed by atoms with Crippen LogP contribution < -0.4 is 15.8 Å². The minimum Gasteiger partial charge on any atom is -0.478 e. The summed E-state index contributed by atoms with van der Waals surface area (Å²) in [5.74, 6) is -0.656. The number of nitrogens with one attached hydrogen (secondary N) is 1. The molecule has 0 bridgehead atoms. The first-order chi connectivity index (χ1) is 16.7. The van der Waals surface area contributed by atoms with Crippen LogP contribution in [0.3, 0.4) is 0 Å². The lowest BCUT2D eigenvalue weighted by molar-refractivity contribution is -0.0133. The molecule has 0 aliphatic carbocycles. The Bertz CT molecular complexity index is 1380. The summed E-state index contributed by atoms with van der Waals surface area (Å²) in [6.45, 7) is 7.04. The normalized spacial score (nSPS) is 16.0. The van der Waals surface area contributed by atoms with Crippen molar-refractivity contribution in [3.8, 4) is 6.07 Å². The number of aromatic carboxylic acids is 1. The number of pyridine rings is 1. The molecule has 3 aromatic rings. The lowest BCUT2D eigenvalue weighted by Gasteiger charge is -2.39. The maximum Gasteiger partial charge on any atom is 0.337 e. The number of nitriles is 1.